The normalized spacial score (nSPS) is 16.8. The molecule has 1 unspecified atom stereocenters. The van der Waals surface area contributed by atoms with E-state index >= 15 is 0 Å². The van der Waals surface area contributed by atoms with Gasteiger partial charge < -0.3 is 10.1 Å². The van der Waals surface area contributed by atoms with Gasteiger partial charge in [-0.25, -0.2) is 4.39 Å². The highest BCUT2D eigenvalue weighted by molar-refractivity contribution is 5.21. The third kappa shape index (κ3) is 5.29. The van der Waals surface area contributed by atoms with Gasteiger partial charge >= 0.3 is 0 Å². The number of nitrogens with one attached hydrogen (secondary N) is 1. The van der Waals surface area contributed by atoms with Crippen molar-refractivity contribution < 1.29 is 9.13 Å². The van der Waals surface area contributed by atoms with Crippen LogP contribution in [0.15, 0.2) is 24.3 Å². The molecule has 0 heterocycles. The smallest absolute Gasteiger partial charge is 0.123 e. The summed E-state index contributed by atoms with van der Waals surface area (Å²) in [6.45, 7) is 6.58. The highest BCUT2D eigenvalue weighted by Crippen LogP contribution is 2.29. The second kappa shape index (κ2) is 7.01. The van der Waals surface area contributed by atoms with E-state index in [4.69, 9.17) is 4.74 Å². The molecule has 0 spiro atoms. The molecule has 1 aromatic rings. The molecule has 19 heavy (non-hydrogen) atoms. The van der Waals surface area contributed by atoms with E-state index in [9.17, 15) is 4.39 Å². The molecule has 0 saturated heterocycles. The third-order valence-corrected chi connectivity index (χ3v) is 3.46. The van der Waals surface area contributed by atoms with Crippen LogP contribution in [0.4, 0.5) is 4.39 Å². The minimum atomic E-state index is -0.172. The van der Waals surface area contributed by atoms with Gasteiger partial charge in [0.05, 0.1) is 6.61 Å². The van der Waals surface area contributed by atoms with Gasteiger partial charge in [0.25, 0.3) is 0 Å². The molecule has 1 aliphatic rings. The van der Waals surface area contributed by atoms with Crippen molar-refractivity contribution in [3.05, 3.63) is 35.6 Å². The lowest BCUT2D eigenvalue weighted by Crippen LogP contribution is -2.30. The van der Waals surface area contributed by atoms with Crippen molar-refractivity contribution in [1.29, 1.82) is 0 Å². The van der Waals surface area contributed by atoms with Crippen LogP contribution in [-0.4, -0.2) is 25.8 Å². The van der Waals surface area contributed by atoms with Crippen molar-refractivity contribution in [2.45, 2.75) is 38.6 Å². The van der Waals surface area contributed by atoms with Crippen molar-refractivity contribution in [2.24, 2.45) is 5.92 Å². The first kappa shape index (κ1) is 14.5. The average molecular weight is 265 g/mol. The van der Waals surface area contributed by atoms with Gasteiger partial charge in [-0.15, -0.1) is 0 Å². The molecule has 3 heteroatoms. The number of hydrogen-bond donors (Lipinski definition) is 1. The maximum absolute atomic E-state index is 13.3. The fourth-order valence-corrected chi connectivity index (χ4v) is 2.07. The maximum atomic E-state index is 13.3. The van der Waals surface area contributed by atoms with Crippen molar-refractivity contribution in [3.63, 3.8) is 0 Å². The molecule has 1 atom stereocenters. The summed E-state index contributed by atoms with van der Waals surface area (Å²) >= 11 is 0. The first-order chi connectivity index (χ1) is 9.15. The fraction of sp³-hybridized carbons (Fsp3) is 0.625. The Morgan fingerprint density at radius 1 is 1.37 bits per heavy atom. The molecule has 0 amide bonds. The van der Waals surface area contributed by atoms with Gasteiger partial charge in [0.15, 0.2) is 0 Å². The molecule has 106 valence electrons. The topological polar surface area (TPSA) is 21.3 Å². The lowest BCUT2D eigenvalue weighted by molar-refractivity contribution is 0.110. The summed E-state index contributed by atoms with van der Waals surface area (Å²) in [4.78, 5) is 0. The van der Waals surface area contributed by atoms with E-state index in [0.29, 0.717) is 12.6 Å². The summed E-state index contributed by atoms with van der Waals surface area (Å²) in [6, 6.07) is 7.29. The van der Waals surface area contributed by atoms with E-state index in [1.54, 1.807) is 12.1 Å². The Balaban J connectivity index is 1.91. The van der Waals surface area contributed by atoms with Crippen molar-refractivity contribution in [2.75, 3.05) is 19.8 Å². The van der Waals surface area contributed by atoms with Crippen molar-refractivity contribution in [3.8, 4) is 0 Å². The van der Waals surface area contributed by atoms with E-state index in [1.165, 1.54) is 18.9 Å². The molecule has 0 bridgehead atoms. The molecule has 0 radical (unpaired) electrons. The summed E-state index contributed by atoms with van der Waals surface area (Å²) in [5, 5.41) is 3.41. The summed E-state index contributed by atoms with van der Waals surface area (Å²) in [5.41, 5.74) is 1.02. The summed E-state index contributed by atoms with van der Waals surface area (Å²) in [6.07, 6.45) is 2.60. The number of ether oxygens (including phenoxy) is 1. The summed E-state index contributed by atoms with van der Waals surface area (Å²) in [5.74, 6) is 0.817. The van der Waals surface area contributed by atoms with E-state index in [2.05, 4.69) is 19.2 Å². The van der Waals surface area contributed by atoms with Crippen LogP contribution in [0.5, 0.6) is 0 Å². The predicted octanol–water partition coefficient (Wildman–Crippen LogP) is 3.33. The van der Waals surface area contributed by atoms with Gasteiger partial charge in [0, 0.05) is 25.1 Å². The molecule has 0 aromatic heterocycles. The quantitative estimate of drug-likeness (QED) is 0.778. The lowest BCUT2D eigenvalue weighted by atomic mass is 9.99. The lowest BCUT2D eigenvalue weighted by Gasteiger charge is -2.20. The minimum Gasteiger partial charge on any atom is -0.380 e. The Kier molecular flexibility index (Phi) is 5.34. The molecule has 2 nitrogen and oxygen atoms in total. The number of halogens is 1. The zero-order valence-electron chi connectivity index (χ0n) is 11.9. The van der Waals surface area contributed by atoms with E-state index in [0.717, 1.165) is 24.6 Å². The predicted molar refractivity (Wildman–Crippen MR) is 75.8 cm³/mol. The molecule has 0 aliphatic heterocycles. The molecule has 1 N–H and O–H groups in total. The number of hydrogen-bond acceptors (Lipinski definition) is 2. The van der Waals surface area contributed by atoms with E-state index in [1.807, 2.05) is 6.07 Å². The molecule has 1 fully saturated rings. The van der Waals surface area contributed by atoms with Crippen LogP contribution in [0.2, 0.25) is 0 Å². The first-order valence-electron chi connectivity index (χ1n) is 7.21. The number of benzene rings is 1. The molecular formula is C16H24FNO. The van der Waals surface area contributed by atoms with Crippen LogP contribution in [0, 0.1) is 11.7 Å². The Morgan fingerprint density at radius 3 is 2.79 bits per heavy atom. The fourth-order valence-electron chi connectivity index (χ4n) is 2.07. The minimum absolute atomic E-state index is 0.172. The zero-order chi connectivity index (χ0) is 13.7. The average Bonchev–Trinajstić information content (AvgIpc) is 3.17. The highest BCUT2D eigenvalue weighted by Gasteiger charge is 2.22. The number of rotatable bonds is 8. The van der Waals surface area contributed by atoms with Gasteiger partial charge in [-0.1, -0.05) is 26.0 Å². The van der Waals surface area contributed by atoms with Crippen LogP contribution in [0.25, 0.3) is 0 Å². The van der Waals surface area contributed by atoms with Crippen LogP contribution in [0.3, 0.4) is 0 Å². The Labute approximate surface area is 115 Å². The molecule has 1 aromatic carbocycles. The van der Waals surface area contributed by atoms with E-state index < -0.39 is 0 Å². The summed E-state index contributed by atoms with van der Waals surface area (Å²) < 4.78 is 19.1. The van der Waals surface area contributed by atoms with Gasteiger partial charge in [-0.3, -0.25) is 0 Å². The van der Waals surface area contributed by atoms with Crippen LogP contribution in [-0.2, 0) is 4.74 Å². The maximum Gasteiger partial charge on any atom is 0.123 e. The molecule has 1 aliphatic carbocycles. The Morgan fingerprint density at radius 2 is 2.16 bits per heavy atom. The second-order valence-electron chi connectivity index (χ2n) is 5.80. The Hall–Kier alpha value is -0.930. The third-order valence-electron chi connectivity index (χ3n) is 3.46. The first-order valence-corrected chi connectivity index (χ1v) is 7.21. The zero-order valence-corrected chi connectivity index (χ0v) is 11.9. The van der Waals surface area contributed by atoms with Gasteiger partial charge in [0.2, 0.25) is 0 Å². The molecular weight excluding hydrogens is 241 g/mol. The Bertz CT molecular complexity index is 390. The van der Waals surface area contributed by atoms with Crippen LogP contribution < -0.4 is 5.32 Å². The second-order valence-corrected chi connectivity index (χ2v) is 5.80. The standard InChI is InChI=1S/C16H24FNO/c1-12(2)18-9-15(11-19-10-13-6-7-13)14-4-3-5-16(17)8-14/h3-5,8,12-13,15,18H,6-7,9-11H2,1-2H3. The molecule has 2 rings (SSSR count). The van der Waals surface area contributed by atoms with Crippen molar-refractivity contribution >= 4 is 0 Å². The SMILES string of the molecule is CC(C)NCC(COCC1CC1)c1cccc(F)c1. The van der Waals surface area contributed by atoms with Gasteiger partial charge in [-0.2, -0.15) is 0 Å². The van der Waals surface area contributed by atoms with Gasteiger partial charge in [0.1, 0.15) is 5.82 Å². The largest absolute Gasteiger partial charge is 0.380 e. The van der Waals surface area contributed by atoms with Gasteiger partial charge in [-0.05, 0) is 36.5 Å². The van der Waals surface area contributed by atoms with Crippen LogP contribution in [0.1, 0.15) is 38.2 Å². The monoisotopic (exact) mass is 265 g/mol. The van der Waals surface area contributed by atoms with Crippen molar-refractivity contribution in [1.82, 2.24) is 5.32 Å². The van der Waals surface area contributed by atoms with E-state index in [-0.39, 0.29) is 11.7 Å². The van der Waals surface area contributed by atoms with Crippen LogP contribution >= 0.6 is 0 Å². The summed E-state index contributed by atoms with van der Waals surface area (Å²) in [7, 11) is 0. The highest BCUT2D eigenvalue weighted by atomic mass is 19.1. The molecule has 1 saturated carbocycles.